The number of nitrogens with two attached hydrogens (primary N) is 1. The van der Waals surface area contributed by atoms with Gasteiger partial charge in [-0.05, 0) is 190 Å². The number of anilines is 6. The highest BCUT2D eigenvalue weighted by Gasteiger charge is 2.24. The third-order valence-electron chi connectivity index (χ3n) is 19.9. The van der Waals surface area contributed by atoms with Crippen molar-refractivity contribution in [2.75, 3.05) is 211 Å². The number of nitrogen functional groups attached to an aromatic ring is 1. The number of aromatic nitrogens is 5. The van der Waals surface area contributed by atoms with Crippen LogP contribution in [0.5, 0.6) is 0 Å². The Morgan fingerprint density at radius 3 is 1.10 bits per heavy atom. The van der Waals surface area contributed by atoms with Crippen LogP contribution in [0.25, 0.3) is 22.3 Å². The molecule has 5 fully saturated rings. The van der Waals surface area contributed by atoms with Gasteiger partial charge in [-0.2, -0.15) is 0 Å². The molecule has 14 rings (SSSR count). The van der Waals surface area contributed by atoms with Crippen molar-refractivity contribution in [3.05, 3.63) is 233 Å². The summed E-state index contributed by atoms with van der Waals surface area (Å²) in [4.78, 5) is 113. The number of piperazine rings is 5. The molecule has 0 radical (unpaired) electrons. The van der Waals surface area contributed by atoms with Gasteiger partial charge in [-0.25, -0.2) is 34.1 Å². The molecule has 0 spiro atoms. The molecule has 116 heavy (non-hydrogen) atoms. The molecule has 0 unspecified atom stereocenters. The van der Waals surface area contributed by atoms with E-state index < -0.39 is 29.6 Å². The van der Waals surface area contributed by atoms with E-state index in [9.17, 15) is 28.8 Å². The minimum Gasteiger partial charge on any atom is -0.477 e. The number of ether oxygens (including phenoxy) is 3. The number of carboxylic acids is 1. The van der Waals surface area contributed by atoms with Gasteiger partial charge in [0.1, 0.15) is 34.1 Å². The molecule has 10 heterocycles. The third kappa shape index (κ3) is 28.4. The number of carbonyl (C=O) groups excluding carboxylic acids is 5. The standard InChI is InChI=1S/C29H34N4O3.C24H26N4O.C12H17N3O2.C11H15N3O2.C7H6BrNO2.C5H12N2/c1-29(2,3)36-28(35)31-25-12-10-22(21-8-6-5-7-9-21)18-23(25)19-27(34)26-13-11-24(20-30-26)33-16-14-32(4)15-17-33;1-27-11-13-28(14-12-27)21-8-10-23(26-17-21)24(29)16-20-15-19(7-9-22(20)25)18-5-3-2-4-6-18;1-14-5-7-15(8-6-14)10-3-4-11(13-9-10)12(16)17-2;1-13-4-6-14(7-5-13)9-2-3-10(11(15)16)12-8-9;1-11-7(10)6-3-2-5(8)4-9-6;1-7-4-2-6-3-5-7/h5-13,18,20H,14-17,19H2,1-4H3,(H,31,35);2-10,15,17H,11-14,16,25H2,1H3;3-4,9H,5-8H2,1-2H3;2-3,8H,4-7H2,1H3,(H,15,16);2-4H,1H3;6H,2-5H2,1H3. The van der Waals surface area contributed by atoms with E-state index in [0.29, 0.717) is 39.7 Å². The summed E-state index contributed by atoms with van der Waals surface area (Å²) in [5.74, 6) is -1.93. The van der Waals surface area contributed by atoms with Crippen LogP contribution < -0.4 is 36.0 Å². The van der Waals surface area contributed by atoms with Gasteiger partial charge in [-0.1, -0.05) is 72.8 Å². The van der Waals surface area contributed by atoms with Crippen LogP contribution in [0.1, 0.15) is 84.3 Å². The first-order valence-corrected chi connectivity index (χ1v) is 39.7. The zero-order valence-electron chi connectivity index (χ0n) is 68.3. The average Bonchev–Trinajstić information content (AvgIpc) is 0.823. The minimum atomic E-state index is -0.982. The number of hydrogen-bond acceptors (Lipinski definition) is 25. The summed E-state index contributed by atoms with van der Waals surface area (Å²) < 4.78 is 15.3. The number of methoxy groups -OCH3 is 2. The highest BCUT2D eigenvalue weighted by Crippen LogP contribution is 2.30. The van der Waals surface area contributed by atoms with Gasteiger partial charge in [-0.15, -0.1) is 0 Å². The van der Waals surface area contributed by atoms with Gasteiger partial charge in [0, 0.05) is 166 Å². The quantitative estimate of drug-likeness (QED) is 0.0302. The highest BCUT2D eigenvalue weighted by atomic mass is 79.9. The van der Waals surface area contributed by atoms with Crippen LogP contribution in [0, 0.1) is 0 Å². The maximum Gasteiger partial charge on any atom is 0.412 e. The lowest BCUT2D eigenvalue weighted by Gasteiger charge is -2.33. The van der Waals surface area contributed by atoms with Gasteiger partial charge < -0.3 is 74.5 Å². The Labute approximate surface area is 689 Å². The van der Waals surface area contributed by atoms with Crippen LogP contribution >= 0.6 is 15.9 Å². The number of Topliss-reactive ketones (excluding diaryl/α,β-unsaturated/α-hetero) is 2. The van der Waals surface area contributed by atoms with E-state index in [0.717, 1.165) is 173 Å². The van der Waals surface area contributed by atoms with E-state index in [1.807, 2.05) is 142 Å². The number of hydrogen-bond donors (Lipinski definition) is 4. The summed E-state index contributed by atoms with van der Waals surface area (Å²) in [5, 5.41) is 14.8. The van der Waals surface area contributed by atoms with Crippen molar-refractivity contribution in [1.29, 1.82) is 0 Å². The Morgan fingerprint density at radius 1 is 0.422 bits per heavy atom. The van der Waals surface area contributed by atoms with Crippen molar-refractivity contribution in [1.82, 2.24) is 54.7 Å². The molecule has 1 amide bonds. The fourth-order valence-electron chi connectivity index (χ4n) is 12.8. The van der Waals surface area contributed by atoms with Gasteiger partial charge in [-0.3, -0.25) is 24.9 Å². The van der Waals surface area contributed by atoms with E-state index in [-0.39, 0.29) is 30.1 Å². The van der Waals surface area contributed by atoms with Crippen LogP contribution in [-0.4, -0.2) is 276 Å². The molecular formula is C88H110BrN17O10. The van der Waals surface area contributed by atoms with E-state index in [2.05, 4.69) is 152 Å². The van der Waals surface area contributed by atoms with Crippen molar-refractivity contribution in [2.45, 2.75) is 39.2 Å². The molecule has 0 aliphatic carbocycles. The lowest BCUT2D eigenvalue weighted by atomic mass is 9.98. The molecule has 0 saturated carbocycles. The summed E-state index contributed by atoms with van der Waals surface area (Å²) in [6.07, 6.45) is 8.29. The molecule has 27 nitrogen and oxygen atoms in total. The molecule has 0 atom stereocenters. The average molecular weight is 1650 g/mol. The number of nitrogens with one attached hydrogen (secondary N) is 2. The topological polar surface area (TPSA) is 294 Å². The Balaban J connectivity index is 0.000000171. The Kier molecular flexibility index (Phi) is 34.2. The number of ketones is 2. The van der Waals surface area contributed by atoms with Crippen LogP contribution in [-0.2, 0) is 27.1 Å². The Hall–Kier alpha value is -11.1. The molecule has 28 heteroatoms. The zero-order valence-corrected chi connectivity index (χ0v) is 69.9. The van der Waals surface area contributed by atoms with Crippen LogP contribution in [0.4, 0.5) is 38.9 Å². The van der Waals surface area contributed by atoms with Gasteiger partial charge in [0.05, 0.1) is 61.8 Å². The number of benzene rings is 4. The summed E-state index contributed by atoms with van der Waals surface area (Å²) in [5.41, 5.74) is 18.2. The number of aromatic carboxylic acids is 1. The molecular weight excluding hydrogens is 1530 g/mol. The number of carbonyl (C=O) groups is 6. The predicted molar refractivity (Wildman–Crippen MR) is 462 cm³/mol. The summed E-state index contributed by atoms with van der Waals surface area (Å²) >= 11 is 3.20. The molecule has 4 aromatic carbocycles. The van der Waals surface area contributed by atoms with Crippen molar-refractivity contribution < 1.29 is 48.1 Å². The van der Waals surface area contributed by atoms with E-state index in [1.54, 1.807) is 55.1 Å². The number of likely N-dealkylation sites (N-methyl/N-ethyl adjacent to an activating group) is 5. The smallest absolute Gasteiger partial charge is 0.412 e. The third-order valence-corrected chi connectivity index (χ3v) is 20.4. The first kappa shape index (κ1) is 88.8. The number of esters is 2. The monoisotopic (exact) mass is 1640 g/mol. The Bertz CT molecular complexity index is 4570. The SMILES string of the molecule is CN1CCN(c2ccc(C(=O)Cc3cc(-c4ccccc4)ccc3N)nc2)CC1.CN1CCN(c2ccc(C(=O)Cc3cc(-c4ccccc4)ccc3NC(=O)OC(C)(C)C)nc2)CC1.CN1CCN(c2ccc(C(=O)O)nc2)CC1.CN1CCNCC1.COC(=O)c1ccc(Br)cn1.COC(=O)c1ccc(N2CCN(C)CC2)cn1. The molecule has 9 aromatic rings. The Morgan fingerprint density at radius 2 is 0.767 bits per heavy atom. The number of amides is 1. The maximum absolute atomic E-state index is 13.2. The first-order valence-electron chi connectivity index (χ1n) is 39.0. The van der Waals surface area contributed by atoms with Crippen LogP contribution in [0.15, 0.2) is 193 Å². The predicted octanol–water partition coefficient (Wildman–Crippen LogP) is 11.1. The number of halogens is 1. The second-order valence-electron chi connectivity index (χ2n) is 29.8. The second-order valence-corrected chi connectivity index (χ2v) is 30.7. The van der Waals surface area contributed by atoms with E-state index in [1.165, 1.54) is 27.3 Å². The van der Waals surface area contributed by atoms with Crippen molar-refractivity contribution in [2.24, 2.45) is 0 Å². The summed E-state index contributed by atoms with van der Waals surface area (Å²) in [6.45, 7) is 26.2. The highest BCUT2D eigenvalue weighted by molar-refractivity contribution is 9.10. The van der Waals surface area contributed by atoms with Gasteiger partial charge in [0.2, 0.25) is 0 Å². The number of pyridine rings is 5. The molecule has 0 bridgehead atoms. The maximum atomic E-state index is 13.2. The van der Waals surface area contributed by atoms with Crippen molar-refractivity contribution in [3.63, 3.8) is 0 Å². The molecule has 614 valence electrons. The number of rotatable bonds is 16. The largest absolute Gasteiger partial charge is 0.477 e. The van der Waals surface area contributed by atoms with Crippen LogP contribution in [0.3, 0.4) is 0 Å². The van der Waals surface area contributed by atoms with Crippen molar-refractivity contribution in [3.8, 4) is 22.3 Å². The fraction of sp³-hybridized carbons (Fsp3) is 0.375. The fourth-order valence-corrected chi connectivity index (χ4v) is 13.0. The van der Waals surface area contributed by atoms with Gasteiger partial charge in [0.25, 0.3) is 0 Å². The minimum absolute atomic E-state index is 0.0214. The molecule has 5 aromatic heterocycles. The molecule has 5 N–H and O–H groups in total. The second kappa shape index (κ2) is 44.7. The molecule has 5 saturated heterocycles. The molecule has 5 aliphatic rings. The molecule has 5 aliphatic heterocycles. The normalized spacial score (nSPS) is 15.4. The summed E-state index contributed by atoms with van der Waals surface area (Å²) in [6, 6.07) is 49.5. The van der Waals surface area contributed by atoms with Gasteiger partial charge >= 0.3 is 24.0 Å². The summed E-state index contributed by atoms with van der Waals surface area (Å²) in [7, 11) is 13.3. The van der Waals surface area contributed by atoms with Gasteiger partial charge in [0.15, 0.2) is 11.6 Å². The first-order chi connectivity index (χ1) is 55.8. The number of carboxylic acid groups (broad SMARTS) is 1. The van der Waals surface area contributed by atoms with E-state index >= 15 is 0 Å². The lowest BCUT2D eigenvalue weighted by Crippen LogP contribution is -2.44. The van der Waals surface area contributed by atoms with Crippen LogP contribution in [0.2, 0.25) is 0 Å². The zero-order chi connectivity index (χ0) is 83.1. The van der Waals surface area contributed by atoms with Crippen molar-refractivity contribution >= 4 is 85.6 Å². The number of nitrogens with zero attached hydrogens (tertiary/aromatic N) is 14. The lowest BCUT2D eigenvalue weighted by molar-refractivity contribution is 0.0585. The van der Waals surface area contributed by atoms with E-state index in [4.69, 9.17) is 15.6 Å².